The number of ether oxygens (including phenoxy) is 2. The van der Waals surface area contributed by atoms with E-state index >= 15 is 0 Å². The Morgan fingerprint density at radius 1 is 0.853 bits per heavy atom. The van der Waals surface area contributed by atoms with E-state index in [0.717, 1.165) is 25.7 Å². The van der Waals surface area contributed by atoms with Crippen LogP contribution in [0.15, 0.2) is 30.3 Å². The van der Waals surface area contributed by atoms with E-state index in [9.17, 15) is 18.0 Å². The van der Waals surface area contributed by atoms with Crippen molar-refractivity contribution in [1.29, 1.82) is 0 Å². The van der Waals surface area contributed by atoms with E-state index < -0.39 is 23.7 Å². The van der Waals surface area contributed by atoms with Crippen molar-refractivity contribution >= 4 is 5.97 Å². The molecule has 0 amide bonds. The highest BCUT2D eigenvalue weighted by Crippen LogP contribution is 2.39. The molecule has 0 spiro atoms. The van der Waals surface area contributed by atoms with Crippen LogP contribution in [0.1, 0.15) is 98.5 Å². The Kier molecular flexibility index (Phi) is 7.84. The third-order valence-corrected chi connectivity index (χ3v) is 7.46. The number of carbonyl (C=O) groups excluding carboxylic acids is 1. The molecule has 0 unspecified atom stereocenters. The lowest BCUT2D eigenvalue weighted by Crippen LogP contribution is -2.25. The Labute approximate surface area is 199 Å². The maximum absolute atomic E-state index is 14.8. The molecule has 184 valence electrons. The highest BCUT2D eigenvalue weighted by molar-refractivity contribution is 5.90. The second-order valence-corrected chi connectivity index (χ2v) is 9.78. The first-order valence-corrected chi connectivity index (χ1v) is 12.5. The SMILES string of the molecule is CCOc1ccc(C2CCC(OC(=O)c3ccc(C4CCC(C)CC4)c(F)c3F)CC2)c(F)c1. The second-order valence-electron chi connectivity index (χ2n) is 9.78. The molecule has 0 aliphatic heterocycles. The Bertz CT molecular complexity index is 1010. The first kappa shape index (κ1) is 24.6. The van der Waals surface area contributed by atoms with Gasteiger partial charge in [-0.15, -0.1) is 0 Å². The molecule has 2 aromatic rings. The largest absolute Gasteiger partial charge is 0.494 e. The summed E-state index contributed by atoms with van der Waals surface area (Å²) in [6.07, 6.45) is 5.67. The van der Waals surface area contributed by atoms with Gasteiger partial charge in [0, 0.05) is 6.07 Å². The van der Waals surface area contributed by atoms with Gasteiger partial charge in [-0.05, 0) is 86.5 Å². The van der Waals surface area contributed by atoms with Crippen LogP contribution in [0.5, 0.6) is 5.75 Å². The van der Waals surface area contributed by atoms with Crippen LogP contribution >= 0.6 is 0 Å². The number of esters is 1. The molecule has 0 bridgehead atoms. The number of benzene rings is 2. The van der Waals surface area contributed by atoms with Crippen molar-refractivity contribution in [2.75, 3.05) is 6.61 Å². The van der Waals surface area contributed by atoms with Gasteiger partial charge in [-0.3, -0.25) is 0 Å². The predicted octanol–water partition coefficient (Wildman–Crippen LogP) is 7.68. The van der Waals surface area contributed by atoms with E-state index in [1.54, 1.807) is 18.2 Å². The van der Waals surface area contributed by atoms with Crippen LogP contribution in [-0.4, -0.2) is 18.7 Å². The van der Waals surface area contributed by atoms with E-state index in [1.807, 2.05) is 6.92 Å². The topological polar surface area (TPSA) is 35.5 Å². The van der Waals surface area contributed by atoms with Gasteiger partial charge in [-0.1, -0.05) is 31.9 Å². The summed E-state index contributed by atoms with van der Waals surface area (Å²) in [5.74, 6) is -2.04. The van der Waals surface area contributed by atoms with Crippen molar-refractivity contribution in [3.05, 3.63) is 64.5 Å². The van der Waals surface area contributed by atoms with Gasteiger partial charge in [0.05, 0.1) is 12.2 Å². The average Bonchev–Trinajstić information content (AvgIpc) is 2.82. The minimum atomic E-state index is -1.12. The van der Waals surface area contributed by atoms with Crippen LogP contribution in [-0.2, 0) is 4.74 Å². The molecule has 6 heteroatoms. The van der Waals surface area contributed by atoms with Crippen molar-refractivity contribution in [3.63, 3.8) is 0 Å². The highest BCUT2D eigenvalue weighted by atomic mass is 19.2. The van der Waals surface area contributed by atoms with E-state index in [1.165, 1.54) is 12.1 Å². The van der Waals surface area contributed by atoms with E-state index in [0.29, 0.717) is 55.1 Å². The minimum absolute atomic E-state index is 0.00551. The number of hydrogen-bond acceptors (Lipinski definition) is 3. The van der Waals surface area contributed by atoms with Crippen LogP contribution in [0.25, 0.3) is 0 Å². The lowest BCUT2D eigenvalue weighted by Gasteiger charge is -2.29. The fraction of sp³-hybridized carbons (Fsp3) is 0.536. The van der Waals surface area contributed by atoms with Crippen LogP contribution in [0, 0.1) is 23.4 Å². The van der Waals surface area contributed by atoms with Gasteiger partial charge in [-0.25, -0.2) is 18.0 Å². The predicted molar refractivity (Wildman–Crippen MR) is 125 cm³/mol. The maximum atomic E-state index is 14.8. The molecule has 0 N–H and O–H groups in total. The number of hydrogen-bond donors (Lipinski definition) is 0. The van der Waals surface area contributed by atoms with Crippen molar-refractivity contribution in [3.8, 4) is 5.75 Å². The van der Waals surface area contributed by atoms with Gasteiger partial charge in [0.15, 0.2) is 11.6 Å². The molecule has 4 rings (SSSR count). The monoisotopic (exact) mass is 474 g/mol. The summed E-state index contributed by atoms with van der Waals surface area (Å²) in [7, 11) is 0. The van der Waals surface area contributed by atoms with Gasteiger partial charge in [0.25, 0.3) is 0 Å². The van der Waals surface area contributed by atoms with Crippen molar-refractivity contribution in [2.45, 2.75) is 83.2 Å². The third-order valence-electron chi connectivity index (χ3n) is 7.46. The maximum Gasteiger partial charge on any atom is 0.341 e. The number of carbonyl (C=O) groups is 1. The van der Waals surface area contributed by atoms with E-state index in [-0.39, 0.29) is 23.2 Å². The summed E-state index contributed by atoms with van der Waals surface area (Å²) < 4.78 is 55.0. The normalized spacial score (nSPS) is 25.1. The molecule has 0 aromatic heterocycles. The summed E-state index contributed by atoms with van der Waals surface area (Å²) >= 11 is 0. The van der Waals surface area contributed by atoms with Crippen LogP contribution in [0.3, 0.4) is 0 Å². The first-order valence-electron chi connectivity index (χ1n) is 12.5. The van der Waals surface area contributed by atoms with Gasteiger partial charge < -0.3 is 9.47 Å². The Morgan fingerprint density at radius 2 is 1.47 bits per heavy atom. The molecule has 2 aliphatic rings. The zero-order valence-corrected chi connectivity index (χ0v) is 19.9. The fourth-order valence-corrected chi connectivity index (χ4v) is 5.41. The number of rotatable bonds is 6. The molecular weight excluding hydrogens is 441 g/mol. The Hall–Kier alpha value is -2.50. The molecule has 2 aliphatic carbocycles. The zero-order valence-electron chi connectivity index (χ0n) is 19.9. The molecule has 2 aromatic carbocycles. The Balaban J connectivity index is 1.35. The summed E-state index contributed by atoms with van der Waals surface area (Å²) in [6, 6.07) is 7.82. The number of halogens is 3. The Morgan fingerprint density at radius 3 is 2.12 bits per heavy atom. The minimum Gasteiger partial charge on any atom is -0.494 e. The lowest BCUT2D eigenvalue weighted by atomic mass is 9.79. The van der Waals surface area contributed by atoms with Gasteiger partial charge >= 0.3 is 5.97 Å². The fourth-order valence-electron chi connectivity index (χ4n) is 5.41. The van der Waals surface area contributed by atoms with Crippen molar-refractivity contribution < 1.29 is 27.4 Å². The molecule has 2 saturated carbocycles. The summed E-state index contributed by atoms with van der Waals surface area (Å²) in [6.45, 7) is 4.50. The molecular formula is C28H33F3O3. The van der Waals surface area contributed by atoms with Gasteiger partial charge in [0.1, 0.15) is 17.7 Å². The highest BCUT2D eigenvalue weighted by Gasteiger charge is 2.30. The third kappa shape index (κ3) is 5.42. The molecule has 0 saturated heterocycles. The first-order chi connectivity index (χ1) is 16.4. The second kappa shape index (κ2) is 10.8. The lowest BCUT2D eigenvalue weighted by molar-refractivity contribution is 0.0188. The molecule has 3 nitrogen and oxygen atoms in total. The van der Waals surface area contributed by atoms with Gasteiger partial charge in [-0.2, -0.15) is 0 Å². The molecule has 0 heterocycles. The van der Waals surface area contributed by atoms with Gasteiger partial charge in [0.2, 0.25) is 0 Å². The molecule has 0 atom stereocenters. The van der Waals surface area contributed by atoms with Crippen LogP contribution < -0.4 is 4.74 Å². The summed E-state index contributed by atoms with van der Waals surface area (Å²) in [5, 5.41) is 0. The summed E-state index contributed by atoms with van der Waals surface area (Å²) in [4.78, 5) is 12.6. The quantitative estimate of drug-likeness (QED) is 0.403. The standard InChI is InChI=1S/C28H33F3O3/c1-3-33-21-12-13-22(25(29)16-21)18-8-10-20(11-9-18)34-28(32)24-15-14-23(26(30)27(24)31)19-6-4-17(2)5-7-19/h12-20H,3-11H2,1-2H3. The van der Waals surface area contributed by atoms with E-state index in [2.05, 4.69) is 6.92 Å². The van der Waals surface area contributed by atoms with Crippen LogP contribution in [0.2, 0.25) is 0 Å². The smallest absolute Gasteiger partial charge is 0.341 e. The van der Waals surface area contributed by atoms with E-state index in [4.69, 9.17) is 9.47 Å². The molecule has 0 radical (unpaired) electrons. The van der Waals surface area contributed by atoms with Crippen LogP contribution in [0.4, 0.5) is 13.2 Å². The zero-order chi connectivity index (χ0) is 24.2. The average molecular weight is 475 g/mol. The molecule has 2 fully saturated rings. The van der Waals surface area contributed by atoms with Crippen molar-refractivity contribution in [2.24, 2.45) is 5.92 Å². The van der Waals surface area contributed by atoms with Crippen molar-refractivity contribution in [1.82, 2.24) is 0 Å². The molecule has 34 heavy (non-hydrogen) atoms. The summed E-state index contributed by atoms with van der Waals surface area (Å²) in [5.41, 5.74) is 0.637.